The number of anilines is 6. The van der Waals surface area contributed by atoms with Gasteiger partial charge in [0.1, 0.15) is 34.0 Å². The molecule has 9 aromatic carbocycles. The first kappa shape index (κ1) is 36.3. The van der Waals surface area contributed by atoms with Gasteiger partial charge in [0, 0.05) is 77.7 Å². The van der Waals surface area contributed by atoms with Gasteiger partial charge in [0.2, 0.25) is 0 Å². The standard InChI is InChI=1S/C58H38N2O3/c1-6-16-39(17-7-1)53-35-42-34-49-50(38-56(42)61-53)58-52(37-55(63-58)41-28-32-48(33-29-41)60(45-22-12-4-13-23-45)46-24-14-5-15-25-46)51-36-54(62-57(49)51)40-26-30-47(31-27-40)59(43-18-8-2-9-19-43)44-20-10-3-11-21-44/h1-38H. The number of nitrogens with zero attached hydrogens (tertiary/aromatic N) is 2. The van der Waals surface area contributed by atoms with Crippen molar-refractivity contribution in [1.29, 1.82) is 0 Å². The highest BCUT2D eigenvalue weighted by molar-refractivity contribution is 6.25. The van der Waals surface area contributed by atoms with Gasteiger partial charge in [0.15, 0.2) is 0 Å². The van der Waals surface area contributed by atoms with E-state index in [1.54, 1.807) is 0 Å². The molecule has 5 heteroatoms. The summed E-state index contributed by atoms with van der Waals surface area (Å²) in [7, 11) is 0. The van der Waals surface area contributed by atoms with Gasteiger partial charge in [0.25, 0.3) is 0 Å². The molecule has 0 N–H and O–H groups in total. The van der Waals surface area contributed by atoms with E-state index in [9.17, 15) is 0 Å². The van der Waals surface area contributed by atoms with E-state index in [0.717, 1.165) is 112 Å². The van der Waals surface area contributed by atoms with E-state index >= 15 is 0 Å². The summed E-state index contributed by atoms with van der Waals surface area (Å²) in [5.41, 5.74) is 11.8. The van der Waals surface area contributed by atoms with Crippen molar-refractivity contribution in [2.24, 2.45) is 0 Å². The lowest BCUT2D eigenvalue weighted by molar-refractivity contribution is 0.628. The molecule has 0 bridgehead atoms. The first-order valence-corrected chi connectivity index (χ1v) is 21.1. The van der Waals surface area contributed by atoms with Crippen LogP contribution in [0.5, 0.6) is 0 Å². The van der Waals surface area contributed by atoms with Gasteiger partial charge in [-0.2, -0.15) is 0 Å². The third-order valence-electron chi connectivity index (χ3n) is 11.8. The summed E-state index contributed by atoms with van der Waals surface area (Å²) in [5.74, 6) is 2.37. The molecule has 3 heterocycles. The summed E-state index contributed by atoms with van der Waals surface area (Å²) in [6.45, 7) is 0. The van der Waals surface area contributed by atoms with Gasteiger partial charge in [-0.25, -0.2) is 0 Å². The van der Waals surface area contributed by atoms with E-state index in [0.29, 0.717) is 0 Å². The molecule has 5 nitrogen and oxygen atoms in total. The molecule has 298 valence electrons. The number of para-hydroxylation sites is 4. The minimum atomic E-state index is 0.773. The molecule has 0 fully saturated rings. The van der Waals surface area contributed by atoms with Crippen LogP contribution < -0.4 is 9.80 Å². The zero-order valence-electron chi connectivity index (χ0n) is 34.1. The van der Waals surface area contributed by atoms with Crippen molar-refractivity contribution in [2.45, 2.75) is 0 Å². The van der Waals surface area contributed by atoms with Crippen molar-refractivity contribution in [3.8, 4) is 34.0 Å². The number of hydrogen-bond acceptors (Lipinski definition) is 5. The third kappa shape index (κ3) is 6.51. The minimum absolute atomic E-state index is 0.773. The Morgan fingerprint density at radius 1 is 0.254 bits per heavy atom. The van der Waals surface area contributed by atoms with E-state index in [1.165, 1.54) is 0 Å². The third-order valence-corrected chi connectivity index (χ3v) is 11.8. The van der Waals surface area contributed by atoms with Crippen LogP contribution in [0.3, 0.4) is 0 Å². The zero-order chi connectivity index (χ0) is 41.7. The fourth-order valence-corrected chi connectivity index (χ4v) is 8.83. The molecule has 0 aliphatic carbocycles. The van der Waals surface area contributed by atoms with Crippen molar-refractivity contribution < 1.29 is 13.3 Å². The number of benzene rings is 9. The van der Waals surface area contributed by atoms with E-state index in [2.05, 4.69) is 198 Å². The predicted octanol–water partition coefficient (Wildman–Crippen LogP) is 17.0. The van der Waals surface area contributed by atoms with Gasteiger partial charge < -0.3 is 23.1 Å². The van der Waals surface area contributed by atoms with E-state index in [-0.39, 0.29) is 0 Å². The lowest BCUT2D eigenvalue weighted by Crippen LogP contribution is -2.09. The molecule has 0 aliphatic rings. The average molecular weight is 811 g/mol. The summed E-state index contributed by atoms with van der Waals surface area (Å²) >= 11 is 0. The van der Waals surface area contributed by atoms with Crippen molar-refractivity contribution in [1.82, 2.24) is 0 Å². The van der Waals surface area contributed by atoms with E-state index < -0.39 is 0 Å². The molecule has 12 aromatic rings. The lowest BCUT2D eigenvalue weighted by atomic mass is 10.0. The topological polar surface area (TPSA) is 45.9 Å². The summed E-state index contributed by atoms with van der Waals surface area (Å²) in [4.78, 5) is 4.53. The van der Waals surface area contributed by atoms with Crippen molar-refractivity contribution >= 4 is 77.8 Å². The summed E-state index contributed by atoms with van der Waals surface area (Å²) < 4.78 is 20.4. The fraction of sp³-hybridized carbons (Fsp3) is 0. The average Bonchev–Trinajstić information content (AvgIpc) is 4.12. The second-order valence-corrected chi connectivity index (χ2v) is 15.7. The van der Waals surface area contributed by atoms with E-state index in [1.807, 2.05) is 42.5 Å². The van der Waals surface area contributed by atoms with Crippen molar-refractivity contribution in [2.75, 3.05) is 9.80 Å². The van der Waals surface area contributed by atoms with Crippen LogP contribution in [0.25, 0.3) is 77.7 Å². The monoisotopic (exact) mass is 810 g/mol. The van der Waals surface area contributed by atoms with Crippen LogP contribution in [0.15, 0.2) is 244 Å². The molecule has 12 rings (SSSR count). The molecular weight excluding hydrogens is 773 g/mol. The number of fused-ring (bicyclic) bond motifs is 7. The second kappa shape index (κ2) is 15.2. The minimum Gasteiger partial charge on any atom is -0.456 e. The largest absolute Gasteiger partial charge is 0.456 e. The molecule has 0 aliphatic heterocycles. The van der Waals surface area contributed by atoms with Crippen LogP contribution in [0.2, 0.25) is 0 Å². The number of furan rings is 3. The van der Waals surface area contributed by atoms with Gasteiger partial charge >= 0.3 is 0 Å². The van der Waals surface area contributed by atoms with Gasteiger partial charge in [-0.05, 0) is 127 Å². The Kier molecular flexibility index (Phi) is 8.75. The first-order chi connectivity index (χ1) is 31.2. The van der Waals surface area contributed by atoms with Gasteiger partial charge in [0.05, 0.1) is 0 Å². The molecule has 3 aromatic heterocycles. The highest BCUT2D eigenvalue weighted by atomic mass is 16.3. The van der Waals surface area contributed by atoms with Crippen LogP contribution in [0.1, 0.15) is 0 Å². The predicted molar refractivity (Wildman–Crippen MR) is 259 cm³/mol. The maximum atomic E-state index is 6.94. The Balaban J connectivity index is 0.992. The maximum Gasteiger partial charge on any atom is 0.143 e. The first-order valence-electron chi connectivity index (χ1n) is 21.1. The Labute approximate surface area is 363 Å². The normalized spacial score (nSPS) is 11.5. The Bertz CT molecular complexity index is 3230. The maximum absolute atomic E-state index is 6.94. The Hall–Kier alpha value is -8.54. The Morgan fingerprint density at radius 3 is 0.984 bits per heavy atom. The molecule has 0 radical (unpaired) electrons. The highest BCUT2D eigenvalue weighted by Gasteiger charge is 2.22. The molecular formula is C58H38N2O3. The molecule has 0 saturated carbocycles. The van der Waals surface area contributed by atoms with Crippen LogP contribution >= 0.6 is 0 Å². The van der Waals surface area contributed by atoms with Gasteiger partial charge in [-0.1, -0.05) is 103 Å². The van der Waals surface area contributed by atoms with E-state index in [4.69, 9.17) is 13.3 Å². The van der Waals surface area contributed by atoms with Crippen LogP contribution in [0.4, 0.5) is 34.1 Å². The van der Waals surface area contributed by atoms with Crippen molar-refractivity contribution in [3.05, 3.63) is 231 Å². The fourth-order valence-electron chi connectivity index (χ4n) is 8.83. The van der Waals surface area contributed by atoms with Crippen LogP contribution in [-0.4, -0.2) is 0 Å². The molecule has 0 spiro atoms. The van der Waals surface area contributed by atoms with Gasteiger partial charge in [-0.3, -0.25) is 0 Å². The smallest absolute Gasteiger partial charge is 0.143 e. The molecule has 0 atom stereocenters. The summed E-state index contributed by atoms with van der Waals surface area (Å²) in [6.07, 6.45) is 0. The number of rotatable bonds is 9. The molecule has 0 unspecified atom stereocenters. The Morgan fingerprint density at radius 2 is 0.571 bits per heavy atom. The summed E-state index contributed by atoms with van der Waals surface area (Å²) in [6, 6.07) is 79.9. The molecule has 0 amide bonds. The quantitative estimate of drug-likeness (QED) is 0.145. The number of hydrogen-bond donors (Lipinski definition) is 0. The van der Waals surface area contributed by atoms with Crippen molar-refractivity contribution in [3.63, 3.8) is 0 Å². The van der Waals surface area contributed by atoms with Crippen LogP contribution in [-0.2, 0) is 0 Å². The zero-order valence-corrected chi connectivity index (χ0v) is 34.1. The molecule has 63 heavy (non-hydrogen) atoms. The highest BCUT2D eigenvalue weighted by Crippen LogP contribution is 2.45. The second-order valence-electron chi connectivity index (χ2n) is 15.7. The molecule has 0 saturated heterocycles. The van der Waals surface area contributed by atoms with Gasteiger partial charge in [-0.15, -0.1) is 0 Å². The lowest BCUT2D eigenvalue weighted by Gasteiger charge is -2.25. The SMILES string of the molecule is c1ccc(-c2cc3cc4c(cc3o2)c2oc(-c3ccc(N(c5ccccc5)c5ccccc5)cc3)cc2c2cc(-c3ccc(N(c5ccccc5)c5ccccc5)cc3)oc24)cc1. The summed E-state index contributed by atoms with van der Waals surface area (Å²) in [5, 5.41) is 4.86. The van der Waals surface area contributed by atoms with Crippen LogP contribution in [0, 0.1) is 0 Å².